The molecule has 0 spiro atoms. The van der Waals surface area contributed by atoms with E-state index in [-0.39, 0.29) is 23.9 Å². The van der Waals surface area contributed by atoms with Gasteiger partial charge in [0.1, 0.15) is 5.82 Å². The highest BCUT2D eigenvalue weighted by atomic mass is 32.2. The van der Waals surface area contributed by atoms with Gasteiger partial charge in [0, 0.05) is 25.2 Å². The molecule has 1 aliphatic rings. The van der Waals surface area contributed by atoms with Gasteiger partial charge in [0.25, 0.3) is 0 Å². The molecular formula is C16H29N5O3S. The van der Waals surface area contributed by atoms with Crippen LogP contribution >= 0.6 is 0 Å². The summed E-state index contributed by atoms with van der Waals surface area (Å²) in [4.78, 5) is 14.7. The number of nitrogens with zero attached hydrogens (tertiary/aromatic N) is 3. The Morgan fingerprint density at radius 3 is 2.76 bits per heavy atom. The number of likely N-dealkylation sites (tertiary alicyclic amines) is 1. The van der Waals surface area contributed by atoms with Crippen molar-refractivity contribution in [3.8, 4) is 0 Å². The number of carbonyl (C=O) groups is 1. The van der Waals surface area contributed by atoms with E-state index in [2.05, 4.69) is 20.0 Å². The molecule has 9 heteroatoms. The summed E-state index contributed by atoms with van der Waals surface area (Å²) in [6.45, 7) is 7.88. The molecule has 0 saturated carbocycles. The molecule has 0 radical (unpaired) electrons. The average Bonchev–Trinajstić information content (AvgIpc) is 3.00. The molecule has 2 atom stereocenters. The quantitative estimate of drug-likeness (QED) is 0.747. The molecule has 0 bridgehead atoms. The van der Waals surface area contributed by atoms with Crippen molar-refractivity contribution < 1.29 is 13.2 Å². The lowest BCUT2D eigenvalue weighted by Crippen LogP contribution is -2.49. The molecule has 0 unspecified atom stereocenters. The predicted molar refractivity (Wildman–Crippen MR) is 97.8 cm³/mol. The van der Waals surface area contributed by atoms with E-state index in [1.165, 1.54) is 6.26 Å². The Morgan fingerprint density at radius 2 is 2.12 bits per heavy atom. The summed E-state index contributed by atoms with van der Waals surface area (Å²) >= 11 is 0. The summed E-state index contributed by atoms with van der Waals surface area (Å²) in [6, 6.07) is 1.68. The van der Waals surface area contributed by atoms with Crippen LogP contribution in [0.5, 0.6) is 0 Å². The zero-order chi connectivity index (χ0) is 18.6. The molecule has 1 aliphatic heterocycles. The average molecular weight is 372 g/mol. The molecule has 8 nitrogen and oxygen atoms in total. The maximum absolute atomic E-state index is 12.6. The monoisotopic (exact) mass is 371 g/mol. The van der Waals surface area contributed by atoms with E-state index < -0.39 is 10.0 Å². The van der Waals surface area contributed by atoms with Gasteiger partial charge in [-0.25, -0.2) is 17.8 Å². The zero-order valence-electron chi connectivity index (χ0n) is 15.4. The van der Waals surface area contributed by atoms with Gasteiger partial charge in [0.2, 0.25) is 15.9 Å². The molecule has 0 aromatic carbocycles. The fraction of sp³-hybridized carbons (Fsp3) is 0.750. The second-order valence-corrected chi connectivity index (χ2v) is 8.88. The summed E-state index contributed by atoms with van der Waals surface area (Å²) in [7, 11) is -3.18. The van der Waals surface area contributed by atoms with Crippen LogP contribution in [0.2, 0.25) is 0 Å². The van der Waals surface area contributed by atoms with Crippen LogP contribution in [0, 0.1) is 5.92 Å². The first-order valence-electron chi connectivity index (χ1n) is 8.70. The molecule has 1 saturated heterocycles. The molecule has 1 aromatic heterocycles. The van der Waals surface area contributed by atoms with Crippen molar-refractivity contribution in [3.63, 3.8) is 0 Å². The van der Waals surface area contributed by atoms with E-state index in [1.807, 2.05) is 20.8 Å². The Labute approximate surface area is 150 Å². The van der Waals surface area contributed by atoms with Crippen molar-refractivity contribution in [3.05, 3.63) is 12.3 Å². The molecule has 142 valence electrons. The lowest BCUT2D eigenvalue weighted by molar-refractivity contribution is -0.121. The number of hydrogen-bond donors (Lipinski definition) is 2. The number of piperidine rings is 1. The SMILES string of the molecule is CC(C)n1nccc1NC(=O)[C@H](C)N1CCC[C@@H](CNS(C)(=O)=O)C1. The Kier molecular flexibility index (Phi) is 6.59. The molecular weight excluding hydrogens is 342 g/mol. The lowest BCUT2D eigenvalue weighted by Gasteiger charge is -2.36. The first kappa shape index (κ1) is 19.9. The molecule has 2 heterocycles. The summed E-state index contributed by atoms with van der Waals surface area (Å²) < 4.78 is 26.9. The normalized spacial score (nSPS) is 20.6. The van der Waals surface area contributed by atoms with Crippen LogP contribution in [-0.4, -0.2) is 60.9 Å². The largest absolute Gasteiger partial charge is 0.310 e. The second-order valence-electron chi connectivity index (χ2n) is 7.04. The van der Waals surface area contributed by atoms with Gasteiger partial charge in [0.05, 0.1) is 18.5 Å². The number of aromatic nitrogens is 2. The van der Waals surface area contributed by atoms with Crippen molar-refractivity contribution in [2.75, 3.05) is 31.2 Å². The maximum Gasteiger partial charge on any atom is 0.242 e. The van der Waals surface area contributed by atoms with Gasteiger partial charge in [-0.3, -0.25) is 9.69 Å². The Bertz CT molecular complexity index is 686. The minimum absolute atomic E-state index is 0.0703. The van der Waals surface area contributed by atoms with Gasteiger partial charge in [-0.15, -0.1) is 0 Å². The first-order valence-corrected chi connectivity index (χ1v) is 10.6. The predicted octanol–water partition coefficient (Wildman–Crippen LogP) is 1.05. The molecule has 1 aromatic rings. The molecule has 1 fully saturated rings. The van der Waals surface area contributed by atoms with Gasteiger partial charge in [-0.2, -0.15) is 5.10 Å². The van der Waals surface area contributed by atoms with Gasteiger partial charge < -0.3 is 5.32 Å². The number of anilines is 1. The van der Waals surface area contributed by atoms with E-state index in [1.54, 1.807) is 16.9 Å². The van der Waals surface area contributed by atoms with Crippen molar-refractivity contribution in [1.29, 1.82) is 0 Å². The van der Waals surface area contributed by atoms with E-state index in [9.17, 15) is 13.2 Å². The third kappa shape index (κ3) is 5.79. The first-order chi connectivity index (χ1) is 11.7. The second kappa shape index (κ2) is 8.29. The van der Waals surface area contributed by atoms with Crippen LogP contribution in [0.1, 0.15) is 39.7 Å². The highest BCUT2D eigenvalue weighted by Crippen LogP contribution is 2.20. The fourth-order valence-corrected chi connectivity index (χ4v) is 3.64. The van der Waals surface area contributed by atoms with Crippen LogP contribution in [-0.2, 0) is 14.8 Å². The molecule has 2 rings (SSSR count). The van der Waals surface area contributed by atoms with Crippen molar-refractivity contribution in [2.45, 2.75) is 45.7 Å². The van der Waals surface area contributed by atoms with Gasteiger partial charge in [-0.1, -0.05) is 0 Å². The van der Waals surface area contributed by atoms with Crippen LogP contribution in [0.3, 0.4) is 0 Å². The van der Waals surface area contributed by atoms with Crippen LogP contribution in [0.4, 0.5) is 5.82 Å². The molecule has 2 N–H and O–H groups in total. The van der Waals surface area contributed by atoms with E-state index >= 15 is 0 Å². The van der Waals surface area contributed by atoms with Crippen molar-refractivity contribution >= 4 is 21.7 Å². The van der Waals surface area contributed by atoms with E-state index in [4.69, 9.17) is 0 Å². The topological polar surface area (TPSA) is 96.3 Å². The molecule has 0 aliphatic carbocycles. The number of rotatable bonds is 7. The number of hydrogen-bond acceptors (Lipinski definition) is 5. The van der Waals surface area contributed by atoms with Gasteiger partial charge in [0.15, 0.2) is 0 Å². The highest BCUT2D eigenvalue weighted by molar-refractivity contribution is 7.88. The standard InChI is InChI=1S/C16H29N5O3S/c1-12(2)21-15(7-8-17-21)19-16(22)13(3)20-9-5-6-14(11-20)10-18-25(4,23)24/h7-8,12-14,18H,5-6,9-11H2,1-4H3,(H,19,22)/t13-,14-/m0/s1. The minimum atomic E-state index is -3.18. The van der Waals surface area contributed by atoms with Crippen LogP contribution in [0.25, 0.3) is 0 Å². The number of amides is 1. The van der Waals surface area contributed by atoms with E-state index in [0.29, 0.717) is 18.9 Å². The van der Waals surface area contributed by atoms with Crippen molar-refractivity contribution in [1.82, 2.24) is 19.4 Å². The summed E-state index contributed by atoms with van der Waals surface area (Å²) in [6.07, 6.45) is 4.76. The van der Waals surface area contributed by atoms with Crippen LogP contribution < -0.4 is 10.0 Å². The van der Waals surface area contributed by atoms with Crippen molar-refractivity contribution in [2.24, 2.45) is 5.92 Å². The Balaban J connectivity index is 1.93. The van der Waals surface area contributed by atoms with Gasteiger partial charge in [-0.05, 0) is 46.1 Å². The Hall–Kier alpha value is -1.45. The molecule has 1 amide bonds. The smallest absolute Gasteiger partial charge is 0.242 e. The van der Waals surface area contributed by atoms with E-state index in [0.717, 1.165) is 19.4 Å². The summed E-state index contributed by atoms with van der Waals surface area (Å²) in [5.41, 5.74) is 0. The zero-order valence-corrected chi connectivity index (χ0v) is 16.2. The third-order valence-corrected chi connectivity index (χ3v) is 5.21. The lowest BCUT2D eigenvalue weighted by atomic mass is 9.97. The van der Waals surface area contributed by atoms with Crippen LogP contribution in [0.15, 0.2) is 12.3 Å². The number of carbonyl (C=O) groups excluding carboxylic acids is 1. The fourth-order valence-electron chi connectivity index (χ4n) is 3.11. The Morgan fingerprint density at radius 1 is 1.40 bits per heavy atom. The summed E-state index contributed by atoms with van der Waals surface area (Å²) in [5.74, 6) is 0.846. The highest BCUT2D eigenvalue weighted by Gasteiger charge is 2.28. The summed E-state index contributed by atoms with van der Waals surface area (Å²) in [5, 5.41) is 7.17. The molecule has 25 heavy (non-hydrogen) atoms. The van der Waals surface area contributed by atoms with Gasteiger partial charge >= 0.3 is 0 Å². The third-order valence-electron chi connectivity index (χ3n) is 4.52. The maximum atomic E-state index is 12.6. The minimum Gasteiger partial charge on any atom is -0.310 e. The number of nitrogens with one attached hydrogen (secondary N) is 2. The number of sulfonamides is 1.